The first-order valence-corrected chi connectivity index (χ1v) is 10.4. The third-order valence-electron chi connectivity index (χ3n) is 4.65. The lowest BCUT2D eigenvalue weighted by Gasteiger charge is -2.30. The minimum Gasteiger partial charge on any atom is -0.367 e. The summed E-state index contributed by atoms with van der Waals surface area (Å²) in [5.74, 6) is 0.392. The van der Waals surface area contributed by atoms with Crippen molar-refractivity contribution in [3.05, 3.63) is 46.5 Å². The van der Waals surface area contributed by atoms with Crippen molar-refractivity contribution in [1.29, 1.82) is 0 Å². The largest absolute Gasteiger partial charge is 0.411 e. The Morgan fingerprint density at radius 1 is 1.34 bits per heavy atom. The van der Waals surface area contributed by atoms with Crippen molar-refractivity contribution in [3.8, 4) is 0 Å². The van der Waals surface area contributed by atoms with Gasteiger partial charge in [0.05, 0.1) is 12.3 Å². The molecule has 1 saturated heterocycles. The van der Waals surface area contributed by atoms with Crippen LogP contribution in [0.3, 0.4) is 0 Å². The van der Waals surface area contributed by atoms with Gasteiger partial charge in [-0.25, -0.2) is 4.98 Å². The number of amides is 1. The van der Waals surface area contributed by atoms with E-state index in [4.69, 9.17) is 0 Å². The molecule has 1 N–H and O–H groups in total. The molecule has 1 aromatic heterocycles. The Morgan fingerprint density at radius 3 is 2.79 bits per heavy atom. The maximum atomic E-state index is 12.4. The Hall–Kier alpha value is -1.97. The lowest BCUT2D eigenvalue weighted by atomic mass is 10.0. The summed E-state index contributed by atoms with van der Waals surface area (Å²) in [5, 5.41) is 5.27. The summed E-state index contributed by atoms with van der Waals surface area (Å²) in [4.78, 5) is 19.3. The number of aromatic nitrogens is 1. The second kappa shape index (κ2) is 9.69. The van der Waals surface area contributed by atoms with Gasteiger partial charge in [-0.05, 0) is 43.0 Å². The highest BCUT2D eigenvalue weighted by Gasteiger charge is 2.27. The molecule has 3 rings (SSSR count). The van der Waals surface area contributed by atoms with Crippen LogP contribution in [-0.2, 0) is 17.9 Å². The van der Waals surface area contributed by atoms with E-state index >= 15 is 0 Å². The molecule has 1 fully saturated rings. The van der Waals surface area contributed by atoms with E-state index in [1.807, 2.05) is 5.38 Å². The Balaban J connectivity index is 1.49. The molecule has 1 aliphatic heterocycles. The number of likely N-dealkylation sites (tertiary alicyclic amines) is 1. The van der Waals surface area contributed by atoms with E-state index in [1.165, 1.54) is 24.2 Å². The van der Waals surface area contributed by atoms with E-state index < -0.39 is 12.8 Å². The monoisotopic (exact) mass is 427 g/mol. The summed E-state index contributed by atoms with van der Waals surface area (Å²) in [6.45, 7) is 3.72. The molecule has 2 heterocycles. The second-order valence-corrected chi connectivity index (χ2v) is 8.24. The van der Waals surface area contributed by atoms with E-state index in [2.05, 4.69) is 26.9 Å². The predicted molar refractivity (Wildman–Crippen MR) is 106 cm³/mol. The van der Waals surface area contributed by atoms with E-state index in [9.17, 15) is 18.0 Å². The molecular weight excluding hydrogens is 403 g/mol. The topological polar surface area (TPSA) is 54.5 Å². The van der Waals surface area contributed by atoms with Crippen LogP contribution in [0.2, 0.25) is 0 Å². The maximum Gasteiger partial charge on any atom is 0.411 e. The van der Waals surface area contributed by atoms with Gasteiger partial charge in [0.25, 0.3) is 5.91 Å². The van der Waals surface area contributed by atoms with Gasteiger partial charge in [-0.3, -0.25) is 15.0 Å². The summed E-state index contributed by atoms with van der Waals surface area (Å²) < 4.78 is 40.9. The first-order valence-electron chi connectivity index (χ1n) is 9.50. The number of anilines is 1. The number of rotatable bonds is 7. The smallest absolute Gasteiger partial charge is 0.367 e. The van der Waals surface area contributed by atoms with Gasteiger partial charge in [0.2, 0.25) is 0 Å². The van der Waals surface area contributed by atoms with Crippen molar-refractivity contribution in [2.24, 2.45) is 5.92 Å². The fourth-order valence-corrected chi connectivity index (χ4v) is 4.00. The van der Waals surface area contributed by atoms with Gasteiger partial charge >= 0.3 is 6.18 Å². The minimum atomic E-state index is -4.35. The Labute approximate surface area is 171 Å². The van der Waals surface area contributed by atoms with Gasteiger partial charge in [0.15, 0.2) is 5.13 Å². The molecule has 0 saturated carbocycles. The van der Waals surface area contributed by atoms with Crippen LogP contribution >= 0.6 is 11.3 Å². The number of nitrogens with one attached hydrogen (secondary N) is 1. The van der Waals surface area contributed by atoms with Gasteiger partial charge in [0, 0.05) is 24.0 Å². The summed E-state index contributed by atoms with van der Waals surface area (Å²) in [5.41, 5.74) is 1.92. The van der Waals surface area contributed by atoms with Gasteiger partial charge in [0.1, 0.15) is 6.61 Å². The Kier molecular flexibility index (Phi) is 7.26. The quantitative estimate of drug-likeness (QED) is 0.696. The fraction of sp³-hybridized carbons (Fsp3) is 0.500. The van der Waals surface area contributed by atoms with Gasteiger partial charge in [-0.15, -0.1) is 11.3 Å². The third-order valence-corrected chi connectivity index (χ3v) is 5.46. The van der Waals surface area contributed by atoms with Crippen LogP contribution in [0.25, 0.3) is 0 Å². The van der Waals surface area contributed by atoms with Crippen LogP contribution in [0.4, 0.5) is 18.3 Å². The van der Waals surface area contributed by atoms with Crippen molar-refractivity contribution < 1.29 is 22.7 Å². The van der Waals surface area contributed by atoms with Crippen LogP contribution in [0.5, 0.6) is 0 Å². The van der Waals surface area contributed by atoms with Crippen LogP contribution in [0.1, 0.15) is 41.4 Å². The van der Waals surface area contributed by atoms with E-state index in [1.54, 1.807) is 24.3 Å². The molecular formula is C20H24F3N3O2S. The van der Waals surface area contributed by atoms with Crippen molar-refractivity contribution >= 4 is 22.4 Å². The number of nitrogens with zero attached hydrogens (tertiary/aromatic N) is 2. The lowest BCUT2D eigenvalue weighted by molar-refractivity contribution is -0.176. The molecule has 1 aliphatic rings. The molecule has 158 valence electrons. The first-order chi connectivity index (χ1) is 13.8. The number of ether oxygens (including phenoxy) is 1. The number of alkyl halides is 3. The van der Waals surface area contributed by atoms with E-state index in [0.717, 1.165) is 25.3 Å². The molecule has 0 spiro atoms. The van der Waals surface area contributed by atoms with Crippen molar-refractivity contribution in [1.82, 2.24) is 9.88 Å². The van der Waals surface area contributed by atoms with Crippen molar-refractivity contribution in [3.63, 3.8) is 0 Å². The van der Waals surface area contributed by atoms with Crippen LogP contribution in [0.15, 0.2) is 29.6 Å². The molecule has 9 heteroatoms. The standard InChI is InChI=1S/C20H24F3N3O2S/c1-14-3-2-8-26(9-14)10-17-12-29-19(24-17)25-18(27)16-6-4-15(5-7-16)11-28-13-20(21,22)23/h4-7,12,14H,2-3,8-11,13H2,1H3,(H,24,25,27). The summed E-state index contributed by atoms with van der Waals surface area (Å²) in [6, 6.07) is 6.28. The highest BCUT2D eigenvalue weighted by Crippen LogP contribution is 2.21. The molecule has 2 aromatic rings. The third kappa shape index (κ3) is 7.09. The molecule has 1 amide bonds. The molecule has 1 atom stereocenters. The van der Waals surface area contributed by atoms with Gasteiger partial charge < -0.3 is 4.74 Å². The normalized spacial score (nSPS) is 18.0. The number of thiazole rings is 1. The SMILES string of the molecule is CC1CCCN(Cc2csc(NC(=O)c3ccc(COCC(F)(F)F)cc3)n2)C1. The lowest BCUT2D eigenvalue weighted by Crippen LogP contribution is -2.33. The van der Waals surface area contributed by atoms with Crippen LogP contribution in [-0.4, -0.2) is 41.7 Å². The molecule has 5 nitrogen and oxygen atoms in total. The number of hydrogen-bond acceptors (Lipinski definition) is 5. The highest BCUT2D eigenvalue weighted by molar-refractivity contribution is 7.13. The zero-order chi connectivity index (χ0) is 20.9. The van der Waals surface area contributed by atoms with E-state index in [-0.39, 0.29) is 12.5 Å². The molecule has 0 bridgehead atoms. The van der Waals surface area contributed by atoms with Gasteiger partial charge in [-0.2, -0.15) is 13.2 Å². The van der Waals surface area contributed by atoms with E-state index in [0.29, 0.717) is 22.2 Å². The molecule has 29 heavy (non-hydrogen) atoms. The number of carbonyl (C=O) groups is 1. The molecule has 1 aromatic carbocycles. The zero-order valence-corrected chi connectivity index (χ0v) is 17.0. The second-order valence-electron chi connectivity index (χ2n) is 7.39. The number of carbonyl (C=O) groups excluding carboxylic acids is 1. The van der Waals surface area contributed by atoms with Crippen molar-refractivity contribution in [2.45, 2.75) is 39.1 Å². The average molecular weight is 427 g/mol. The number of piperidine rings is 1. The Morgan fingerprint density at radius 2 is 2.10 bits per heavy atom. The van der Waals surface area contributed by atoms with Crippen molar-refractivity contribution in [2.75, 3.05) is 25.0 Å². The number of hydrogen-bond donors (Lipinski definition) is 1. The molecule has 0 radical (unpaired) electrons. The number of halogens is 3. The predicted octanol–water partition coefficient (Wildman–Crippen LogP) is 4.71. The number of benzene rings is 1. The summed E-state index contributed by atoms with van der Waals surface area (Å²) >= 11 is 1.38. The minimum absolute atomic E-state index is 0.160. The average Bonchev–Trinajstić information content (AvgIpc) is 3.08. The van der Waals surface area contributed by atoms with Crippen LogP contribution < -0.4 is 5.32 Å². The summed E-state index contributed by atoms with van der Waals surface area (Å²) in [7, 11) is 0. The Bertz CT molecular complexity index is 808. The fourth-order valence-electron chi connectivity index (χ4n) is 3.30. The maximum absolute atomic E-state index is 12.4. The van der Waals surface area contributed by atoms with Crippen LogP contribution in [0, 0.1) is 5.92 Å². The molecule has 1 unspecified atom stereocenters. The summed E-state index contributed by atoms with van der Waals surface area (Å²) in [6.07, 6.45) is -1.88. The first kappa shape index (κ1) is 21.7. The highest BCUT2D eigenvalue weighted by atomic mass is 32.1. The van der Waals surface area contributed by atoms with Gasteiger partial charge in [-0.1, -0.05) is 19.1 Å². The molecule has 0 aliphatic carbocycles. The zero-order valence-electron chi connectivity index (χ0n) is 16.2.